The standard InChI is InChI=1S/C60H42N2/c1-4-13-43(14-5-1)46-23-25-48(26-24-46)50-19-12-20-51(41-50)49-29-34-54(35-30-49)61(53-32-27-47(28-33-53)44-15-6-2-7-16-44)55-36-38-56(39-37-55)62-59-22-11-10-21-57(59)58-42-52(31-40-60(58)62)45-17-8-3-9-18-45/h1-42H. The molecule has 0 N–H and O–H groups in total. The molecule has 0 aliphatic heterocycles. The average molecular weight is 791 g/mol. The van der Waals surface area contributed by atoms with Crippen LogP contribution in [-0.2, 0) is 0 Å². The Labute approximate surface area is 362 Å². The number of hydrogen-bond donors (Lipinski definition) is 0. The molecule has 292 valence electrons. The van der Waals surface area contributed by atoms with Crippen molar-refractivity contribution in [1.82, 2.24) is 4.57 Å². The fourth-order valence-corrected chi connectivity index (χ4v) is 8.86. The highest BCUT2D eigenvalue weighted by molar-refractivity contribution is 6.10. The van der Waals surface area contributed by atoms with E-state index in [1.807, 2.05) is 0 Å². The normalized spacial score (nSPS) is 11.2. The first-order valence-electron chi connectivity index (χ1n) is 21.2. The van der Waals surface area contributed by atoms with Gasteiger partial charge >= 0.3 is 0 Å². The van der Waals surface area contributed by atoms with Crippen molar-refractivity contribution in [3.63, 3.8) is 0 Å². The second-order valence-electron chi connectivity index (χ2n) is 15.8. The minimum absolute atomic E-state index is 1.09. The van der Waals surface area contributed by atoms with Gasteiger partial charge in [-0.15, -0.1) is 0 Å². The topological polar surface area (TPSA) is 8.17 Å². The summed E-state index contributed by atoms with van der Waals surface area (Å²) in [6.45, 7) is 0. The van der Waals surface area contributed by atoms with E-state index in [1.54, 1.807) is 0 Å². The van der Waals surface area contributed by atoms with Gasteiger partial charge < -0.3 is 9.47 Å². The number of para-hydroxylation sites is 1. The van der Waals surface area contributed by atoms with Gasteiger partial charge in [-0.1, -0.05) is 182 Å². The maximum atomic E-state index is 2.39. The third-order valence-electron chi connectivity index (χ3n) is 12.0. The molecule has 1 heterocycles. The van der Waals surface area contributed by atoms with Crippen LogP contribution in [0.2, 0.25) is 0 Å². The zero-order valence-electron chi connectivity index (χ0n) is 34.1. The quantitative estimate of drug-likeness (QED) is 0.141. The SMILES string of the molecule is c1ccc(-c2ccc(-c3cccc(-c4ccc(N(c5ccc(-c6ccccc6)cc5)c5ccc(-n6c7ccccc7c7cc(-c8ccccc8)ccc76)cc5)cc4)c3)cc2)cc1. The van der Waals surface area contributed by atoms with Crippen LogP contribution in [0.1, 0.15) is 0 Å². The summed E-state index contributed by atoms with van der Waals surface area (Å²) in [4.78, 5) is 2.35. The van der Waals surface area contributed by atoms with E-state index in [-0.39, 0.29) is 0 Å². The van der Waals surface area contributed by atoms with Gasteiger partial charge in [-0.25, -0.2) is 0 Å². The van der Waals surface area contributed by atoms with E-state index in [1.165, 1.54) is 77.4 Å². The van der Waals surface area contributed by atoms with Crippen molar-refractivity contribution < 1.29 is 0 Å². The Bertz CT molecular complexity index is 3280. The van der Waals surface area contributed by atoms with Gasteiger partial charge in [-0.05, 0) is 128 Å². The molecule has 0 saturated heterocycles. The van der Waals surface area contributed by atoms with Crippen LogP contribution in [0.25, 0.3) is 83.1 Å². The van der Waals surface area contributed by atoms with Gasteiger partial charge in [0.05, 0.1) is 11.0 Å². The van der Waals surface area contributed by atoms with E-state index in [2.05, 4.69) is 264 Å². The van der Waals surface area contributed by atoms with Gasteiger partial charge in [0, 0.05) is 33.5 Å². The van der Waals surface area contributed by atoms with E-state index in [0.29, 0.717) is 0 Å². The van der Waals surface area contributed by atoms with E-state index in [9.17, 15) is 0 Å². The van der Waals surface area contributed by atoms with Crippen LogP contribution in [0.4, 0.5) is 17.1 Å². The summed E-state index contributed by atoms with van der Waals surface area (Å²) >= 11 is 0. The van der Waals surface area contributed by atoms with Crippen LogP contribution in [0, 0.1) is 0 Å². The van der Waals surface area contributed by atoms with Crippen LogP contribution in [0.15, 0.2) is 255 Å². The molecule has 0 fully saturated rings. The molecular formula is C60H42N2. The summed E-state index contributed by atoms with van der Waals surface area (Å²) in [6, 6.07) is 91.9. The lowest BCUT2D eigenvalue weighted by molar-refractivity contribution is 1.17. The molecule has 0 amide bonds. The monoisotopic (exact) mass is 790 g/mol. The van der Waals surface area contributed by atoms with E-state index in [4.69, 9.17) is 0 Å². The van der Waals surface area contributed by atoms with Crippen LogP contribution < -0.4 is 4.90 Å². The number of aromatic nitrogens is 1. The van der Waals surface area contributed by atoms with E-state index >= 15 is 0 Å². The highest BCUT2D eigenvalue weighted by Crippen LogP contribution is 2.40. The summed E-state index contributed by atoms with van der Waals surface area (Å²) in [5.74, 6) is 0. The number of anilines is 3. The van der Waals surface area contributed by atoms with Crippen molar-refractivity contribution in [2.45, 2.75) is 0 Å². The highest BCUT2D eigenvalue weighted by atomic mass is 15.1. The van der Waals surface area contributed by atoms with Gasteiger partial charge in [-0.3, -0.25) is 0 Å². The predicted octanol–water partition coefficient (Wildman–Crippen LogP) is 16.6. The number of benzene rings is 10. The van der Waals surface area contributed by atoms with Crippen molar-refractivity contribution in [2.75, 3.05) is 4.90 Å². The first-order valence-corrected chi connectivity index (χ1v) is 21.2. The van der Waals surface area contributed by atoms with Crippen molar-refractivity contribution in [3.05, 3.63) is 255 Å². The van der Waals surface area contributed by atoms with Crippen molar-refractivity contribution in [2.24, 2.45) is 0 Å². The lowest BCUT2D eigenvalue weighted by atomic mass is 9.97. The number of rotatable bonds is 9. The molecule has 11 rings (SSSR count). The molecule has 0 aliphatic carbocycles. The maximum Gasteiger partial charge on any atom is 0.0541 e. The Morgan fingerprint density at radius 3 is 1.08 bits per heavy atom. The largest absolute Gasteiger partial charge is 0.311 e. The number of fused-ring (bicyclic) bond motifs is 3. The maximum absolute atomic E-state index is 2.39. The Balaban J connectivity index is 0.944. The molecule has 10 aromatic carbocycles. The fraction of sp³-hybridized carbons (Fsp3) is 0. The Hall–Kier alpha value is -8.20. The van der Waals surface area contributed by atoms with Gasteiger partial charge in [0.25, 0.3) is 0 Å². The first kappa shape index (κ1) is 36.8. The summed E-state index contributed by atoms with van der Waals surface area (Å²) in [5.41, 5.74) is 18.8. The Morgan fingerprint density at radius 1 is 0.226 bits per heavy atom. The molecule has 0 atom stereocenters. The third kappa shape index (κ3) is 7.04. The fourth-order valence-electron chi connectivity index (χ4n) is 8.86. The lowest BCUT2D eigenvalue weighted by Gasteiger charge is -2.26. The van der Waals surface area contributed by atoms with Crippen LogP contribution in [0.3, 0.4) is 0 Å². The second kappa shape index (κ2) is 16.1. The molecule has 11 aromatic rings. The van der Waals surface area contributed by atoms with Crippen molar-refractivity contribution in [1.29, 1.82) is 0 Å². The third-order valence-corrected chi connectivity index (χ3v) is 12.0. The molecule has 1 aromatic heterocycles. The average Bonchev–Trinajstić information content (AvgIpc) is 3.69. The molecule has 2 nitrogen and oxygen atoms in total. The Morgan fingerprint density at radius 2 is 0.565 bits per heavy atom. The van der Waals surface area contributed by atoms with Crippen LogP contribution >= 0.6 is 0 Å². The Kier molecular flexibility index (Phi) is 9.57. The molecular weight excluding hydrogens is 749 g/mol. The van der Waals surface area contributed by atoms with Gasteiger partial charge in [-0.2, -0.15) is 0 Å². The molecule has 0 aliphatic rings. The summed E-state index contributed by atoms with van der Waals surface area (Å²) < 4.78 is 2.39. The van der Waals surface area contributed by atoms with Crippen LogP contribution in [-0.4, -0.2) is 4.57 Å². The minimum atomic E-state index is 1.09. The summed E-state index contributed by atoms with van der Waals surface area (Å²) in [7, 11) is 0. The minimum Gasteiger partial charge on any atom is -0.311 e. The molecule has 0 radical (unpaired) electrons. The van der Waals surface area contributed by atoms with Crippen molar-refractivity contribution in [3.8, 4) is 61.3 Å². The van der Waals surface area contributed by atoms with E-state index < -0.39 is 0 Å². The molecule has 2 heteroatoms. The molecule has 0 unspecified atom stereocenters. The summed E-state index contributed by atoms with van der Waals surface area (Å²) in [5, 5.41) is 2.49. The van der Waals surface area contributed by atoms with Gasteiger partial charge in [0.1, 0.15) is 0 Å². The first-order chi connectivity index (χ1) is 30.7. The molecule has 0 bridgehead atoms. The van der Waals surface area contributed by atoms with Gasteiger partial charge in [0.2, 0.25) is 0 Å². The molecule has 62 heavy (non-hydrogen) atoms. The molecule has 0 spiro atoms. The zero-order valence-corrected chi connectivity index (χ0v) is 34.1. The number of nitrogens with zero attached hydrogens (tertiary/aromatic N) is 2. The predicted molar refractivity (Wildman–Crippen MR) is 263 cm³/mol. The summed E-state index contributed by atoms with van der Waals surface area (Å²) in [6.07, 6.45) is 0. The molecule has 0 saturated carbocycles. The van der Waals surface area contributed by atoms with E-state index in [0.717, 1.165) is 22.7 Å². The lowest BCUT2D eigenvalue weighted by Crippen LogP contribution is -2.10. The highest BCUT2D eigenvalue weighted by Gasteiger charge is 2.17. The van der Waals surface area contributed by atoms with Gasteiger partial charge in [0.15, 0.2) is 0 Å². The number of hydrogen-bond acceptors (Lipinski definition) is 1. The smallest absolute Gasteiger partial charge is 0.0541 e. The second-order valence-corrected chi connectivity index (χ2v) is 15.8. The zero-order chi connectivity index (χ0) is 41.2. The van der Waals surface area contributed by atoms with Crippen molar-refractivity contribution >= 4 is 38.9 Å². The van der Waals surface area contributed by atoms with Crippen LogP contribution in [0.5, 0.6) is 0 Å².